The van der Waals surface area contributed by atoms with Crippen LogP contribution in [0.3, 0.4) is 0 Å². The molecule has 0 saturated carbocycles. The highest BCUT2D eigenvalue weighted by molar-refractivity contribution is 5.88. The number of pyridine rings is 2. The van der Waals surface area contributed by atoms with Gasteiger partial charge in [0, 0.05) is 30.7 Å². The summed E-state index contributed by atoms with van der Waals surface area (Å²) in [6.45, 7) is 1.59. The van der Waals surface area contributed by atoms with Crippen molar-refractivity contribution in [3.05, 3.63) is 114 Å². The van der Waals surface area contributed by atoms with Gasteiger partial charge in [0.2, 0.25) is 17.8 Å². The maximum Gasteiger partial charge on any atom is 0.242 e. The molecule has 2 saturated heterocycles. The molecule has 2 fully saturated rings. The summed E-state index contributed by atoms with van der Waals surface area (Å²) in [5.41, 5.74) is 3.71. The minimum atomic E-state index is -0.603. The number of fused-ring (bicyclic) bond motifs is 2. The lowest BCUT2D eigenvalue weighted by molar-refractivity contribution is -0.201. The topological polar surface area (TPSA) is 98.9 Å². The number of piperazine rings is 1. The highest BCUT2D eigenvalue weighted by Gasteiger charge is 2.44. The number of nitrogens with zero attached hydrogens (tertiary/aromatic N) is 7. The number of aromatic nitrogens is 3. The number of rotatable bonds is 7. The monoisotopic (exact) mass is 577 g/mol. The molecular formula is C32H28FN7O3. The molecule has 5 heterocycles. The first-order chi connectivity index (χ1) is 21.0. The van der Waals surface area contributed by atoms with Crippen LogP contribution in [0.1, 0.15) is 16.9 Å². The Morgan fingerprint density at radius 1 is 0.837 bits per heavy atom. The van der Waals surface area contributed by atoms with Gasteiger partial charge >= 0.3 is 0 Å². The second kappa shape index (κ2) is 11.3. The molecule has 11 heteroatoms. The molecule has 5 aromatic rings. The summed E-state index contributed by atoms with van der Waals surface area (Å²) in [6, 6.07) is 26.0. The van der Waals surface area contributed by atoms with E-state index in [0.29, 0.717) is 36.8 Å². The lowest BCUT2D eigenvalue weighted by Gasteiger charge is -2.52. The molecule has 2 aliphatic heterocycles. The second-order valence-electron chi connectivity index (χ2n) is 10.7. The van der Waals surface area contributed by atoms with E-state index in [1.54, 1.807) is 29.3 Å². The van der Waals surface area contributed by atoms with Crippen molar-refractivity contribution in [2.24, 2.45) is 0 Å². The summed E-state index contributed by atoms with van der Waals surface area (Å²) in [7, 11) is 0. The first kappa shape index (κ1) is 26.9. The van der Waals surface area contributed by atoms with Gasteiger partial charge in [0.1, 0.15) is 18.4 Å². The summed E-state index contributed by atoms with van der Waals surface area (Å²) in [5.74, 6) is -0.328. The average molecular weight is 578 g/mol. The van der Waals surface area contributed by atoms with E-state index in [0.717, 1.165) is 22.0 Å². The van der Waals surface area contributed by atoms with Crippen molar-refractivity contribution in [1.29, 1.82) is 0 Å². The molecule has 2 aliphatic rings. The predicted octanol–water partition coefficient (Wildman–Crippen LogP) is 3.85. The Balaban J connectivity index is 1.18. The fourth-order valence-electron chi connectivity index (χ4n) is 5.81. The Bertz CT molecular complexity index is 1790. The van der Waals surface area contributed by atoms with Crippen molar-refractivity contribution >= 4 is 22.7 Å². The number of halogens is 1. The number of hydrogen-bond acceptors (Lipinski definition) is 8. The van der Waals surface area contributed by atoms with Gasteiger partial charge in [0.25, 0.3) is 0 Å². The van der Waals surface area contributed by atoms with E-state index in [4.69, 9.17) is 4.52 Å². The first-order valence-electron chi connectivity index (χ1n) is 14.1. The van der Waals surface area contributed by atoms with Crippen molar-refractivity contribution in [3.8, 4) is 11.4 Å². The quantitative estimate of drug-likeness (QED) is 0.269. The standard InChI is InChI=1S/C32H28FN7O3/c33-29-13-5-12-27(35-29)28-15-24(43-36-28)18-38-20-32(42)39-21-31(41)37(17-23-9-4-11-26-25(23)10-6-14-34-26)19-30(39)40(38)16-22-7-2-1-3-8-22/h1-15,30H,16-21H2. The number of hydrazine groups is 1. The fourth-order valence-corrected chi connectivity index (χ4v) is 5.81. The molecule has 2 aromatic carbocycles. The third-order valence-electron chi connectivity index (χ3n) is 7.91. The molecule has 0 N–H and O–H groups in total. The van der Waals surface area contributed by atoms with Crippen LogP contribution in [0.25, 0.3) is 22.3 Å². The Morgan fingerprint density at radius 2 is 1.70 bits per heavy atom. The van der Waals surface area contributed by atoms with Crippen LogP contribution in [0.5, 0.6) is 0 Å². The first-order valence-corrected chi connectivity index (χ1v) is 14.1. The van der Waals surface area contributed by atoms with Gasteiger partial charge in [0.05, 0.1) is 30.8 Å². The van der Waals surface area contributed by atoms with Gasteiger partial charge in [0.15, 0.2) is 5.76 Å². The molecule has 43 heavy (non-hydrogen) atoms. The van der Waals surface area contributed by atoms with E-state index in [1.807, 2.05) is 70.6 Å². The third kappa shape index (κ3) is 5.47. The molecule has 0 bridgehead atoms. The minimum Gasteiger partial charge on any atom is -0.359 e. The SMILES string of the molecule is O=C1CN2C(=O)CN(Cc3cc(-c4cccc(F)n4)no3)N(Cc3ccccc3)C2CN1Cc1cccc2ncccc12. The number of carbonyl (C=O) groups excluding carboxylic acids is 2. The third-order valence-corrected chi connectivity index (χ3v) is 7.91. The van der Waals surface area contributed by atoms with E-state index in [2.05, 4.69) is 20.1 Å². The zero-order chi connectivity index (χ0) is 29.3. The fraction of sp³-hybridized carbons (Fsp3) is 0.219. The van der Waals surface area contributed by atoms with Crippen molar-refractivity contribution in [3.63, 3.8) is 0 Å². The van der Waals surface area contributed by atoms with E-state index >= 15 is 0 Å². The summed E-state index contributed by atoms with van der Waals surface area (Å²) >= 11 is 0. The molecule has 10 nitrogen and oxygen atoms in total. The van der Waals surface area contributed by atoms with Crippen LogP contribution in [0.15, 0.2) is 95.6 Å². The van der Waals surface area contributed by atoms with Gasteiger partial charge in [-0.1, -0.05) is 59.8 Å². The summed E-state index contributed by atoms with van der Waals surface area (Å²) in [6.07, 6.45) is 1.37. The molecule has 216 valence electrons. The van der Waals surface area contributed by atoms with Gasteiger partial charge in [-0.15, -0.1) is 0 Å². The van der Waals surface area contributed by atoms with Gasteiger partial charge in [-0.2, -0.15) is 4.39 Å². The molecule has 1 atom stereocenters. The molecule has 0 spiro atoms. The zero-order valence-electron chi connectivity index (χ0n) is 23.2. The Labute approximate surface area is 246 Å². The van der Waals surface area contributed by atoms with E-state index in [9.17, 15) is 14.0 Å². The van der Waals surface area contributed by atoms with E-state index in [-0.39, 0.29) is 37.6 Å². The van der Waals surface area contributed by atoms with E-state index in [1.165, 1.54) is 6.07 Å². The normalized spacial score (nSPS) is 17.9. The van der Waals surface area contributed by atoms with Crippen molar-refractivity contribution in [1.82, 2.24) is 34.9 Å². The Hall–Kier alpha value is -5.00. The van der Waals surface area contributed by atoms with Crippen LogP contribution >= 0.6 is 0 Å². The molecule has 7 rings (SSSR count). The van der Waals surface area contributed by atoms with Crippen LogP contribution in [0.4, 0.5) is 4.39 Å². The number of carbonyl (C=O) groups is 2. The van der Waals surface area contributed by atoms with Gasteiger partial charge in [-0.05, 0) is 35.4 Å². The smallest absolute Gasteiger partial charge is 0.242 e. The largest absolute Gasteiger partial charge is 0.359 e. The lowest BCUT2D eigenvalue weighted by atomic mass is 10.1. The molecular weight excluding hydrogens is 549 g/mol. The van der Waals surface area contributed by atoms with Crippen molar-refractivity contribution in [2.75, 3.05) is 19.6 Å². The molecule has 3 aromatic heterocycles. The number of benzene rings is 2. The van der Waals surface area contributed by atoms with Crippen LogP contribution in [-0.4, -0.2) is 72.6 Å². The molecule has 0 radical (unpaired) electrons. The highest BCUT2D eigenvalue weighted by Crippen LogP contribution is 2.28. The lowest BCUT2D eigenvalue weighted by Crippen LogP contribution is -2.71. The van der Waals surface area contributed by atoms with Gasteiger partial charge in [-0.3, -0.25) is 14.6 Å². The minimum absolute atomic E-state index is 0.00332. The van der Waals surface area contributed by atoms with E-state index < -0.39 is 5.95 Å². The predicted molar refractivity (Wildman–Crippen MR) is 155 cm³/mol. The zero-order valence-corrected chi connectivity index (χ0v) is 23.2. The summed E-state index contributed by atoms with van der Waals surface area (Å²) < 4.78 is 19.3. The molecule has 2 amide bonds. The van der Waals surface area contributed by atoms with Crippen molar-refractivity contribution < 1.29 is 18.5 Å². The van der Waals surface area contributed by atoms with Crippen LogP contribution < -0.4 is 0 Å². The Kier molecular flexibility index (Phi) is 7.09. The number of hydrogen-bond donors (Lipinski definition) is 0. The van der Waals surface area contributed by atoms with Crippen molar-refractivity contribution in [2.45, 2.75) is 25.8 Å². The van der Waals surface area contributed by atoms with Crippen LogP contribution in [0.2, 0.25) is 0 Å². The maximum atomic E-state index is 13.7. The molecule has 1 unspecified atom stereocenters. The molecule has 0 aliphatic carbocycles. The van der Waals surface area contributed by atoms with Gasteiger partial charge < -0.3 is 14.3 Å². The number of amides is 2. The van der Waals surface area contributed by atoms with Gasteiger partial charge in [-0.25, -0.2) is 15.0 Å². The summed E-state index contributed by atoms with van der Waals surface area (Å²) in [5, 5.41) is 9.16. The second-order valence-corrected chi connectivity index (χ2v) is 10.7. The highest BCUT2D eigenvalue weighted by atomic mass is 19.1. The average Bonchev–Trinajstić information content (AvgIpc) is 3.49. The summed E-state index contributed by atoms with van der Waals surface area (Å²) in [4.78, 5) is 38.7. The maximum absolute atomic E-state index is 13.7. The van der Waals surface area contributed by atoms with Crippen LogP contribution in [-0.2, 0) is 29.2 Å². The van der Waals surface area contributed by atoms with Crippen LogP contribution in [0, 0.1) is 5.95 Å². The Morgan fingerprint density at radius 3 is 2.56 bits per heavy atom.